The Morgan fingerprint density at radius 3 is 2.93 bits per heavy atom. The quantitative estimate of drug-likeness (QED) is 0.826. The predicted molar refractivity (Wildman–Crippen MR) is 57.8 cm³/mol. The zero-order chi connectivity index (χ0) is 10.8. The summed E-state index contributed by atoms with van der Waals surface area (Å²) in [6.07, 6.45) is 2.79. The second-order valence-corrected chi connectivity index (χ2v) is 3.77. The van der Waals surface area contributed by atoms with E-state index in [1.807, 2.05) is 32.2 Å². The number of pyridine rings is 1. The van der Waals surface area contributed by atoms with Crippen LogP contribution in [0.25, 0.3) is 5.65 Å². The van der Waals surface area contributed by atoms with Crippen LogP contribution in [0.3, 0.4) is 0 Å². The Morgan fingerprint density at radius 2 is 2.27 bits per heavy atom. The van der Waals surface area contributed by atoms with Crippen molar-refractivity contribution in [1.29, 1.82) is 0 Å². The summed E-state index contributed by atoms with van der Waals surface area (Å²) in [6, 6.07) is 3.95. The number of aromatic nitrogens is 3. The van der Waals surface area contributed by atoms with Gasteiger partial charge in [-0.25, -0.2) is 9.50 Å². The number of nitrogens with zero attached hydrogens (tertiary/aromatic N) is 3. The third-order valence-corrected chi connectivity index (χ3v) is 2.57. The van der Waals surface area contributed by atoms with Crippen LogP contribution in [-0.2, 0) is 0 Å². The lowest BCUT2D eigenvalue weighted by Crippen LogP contribution is -2.04. The monoisotopic (exact) mass is 205 g/mol. The van der Waals surface area contributed by atoms with Crippen molar-refractivity contribution in [1.82, 2.24) is 14.6 Å². The second-order valence-electron chi connectivity index (χ2n) is 3.77. The first-order chi connectivity index (χ1) is 7.24. The van der Waals surface area contributed by atoms with Gasteiger partial charge in [0.25, 0.3) is 0 Å². The lowest BCUT2D eigenvalue weighted by atomic mass is 10.1. The maximum atomic E-state index is 9.17. The molecule has 1 N–H and O–H groups in total. The van der Waals surface area contributed by atoms with Gasteiger partial charge in [0, 0.05) is 12.1 Å². The minimum Gasteiger partial charge on any atom is -0.396 e. The van der Waals surface area contributed by atoms with Crippen LogP contribution in [0.4, 0.5) is 0 Å². The van der Waals surface area contributed by atoms with Crippen molar-refractivity contribution in [2.24, 2.45) is 0 Å². The fraction of sp³-hybridized carbons (Fsp3) is 0.455. The van der Waals surface area contributed by atoms with E-state index in [4.69, 9.17) is 5.11 Å². The van der Waals surface area contributed by atoms with E-state index in [0.29, 0.717) is 0 Å². The van der Waals surface area contributed by atoms with E-state index in [1.165, 1.54) is 0 Å². The number of hydrogen-bond acceptors (Lipinski definition) is 3. The van der Waals surface area contributed by atoms with E-state index < -0.39 is 0 Å². The van der Waals surface area contributed by atoms with Gasteiger partial charge < -0.3 is 5.11 Å². The van der Waals surface area contributed by atoms with Crippen molar-refractivity contribution in [2.75, 3.05) is 6.61 Å². The Hall–Kier alpha value is -1.42. The van der Waals surface area contributed by atoms with Gasteiger partial charge in [0.15, 0.2) is 11.5 Å². The largest absolute Gasteiger partial charge is 0.396 e. The third kappa shape index (κ3) is 1.85. The Labute approximate surface area is 88.6 Å². The Kier molecular flexibility index (Phi) is 2.68. The lowest BCUT2D eigenvalue weighted by molar-refractivity contribution is 0.257. The Morgan fingerprint density at radius 1 is 1.47 bits per heavy atom. The number of aliphatic hydroxyl groups is 1. The van der Waals surface area contributed by atoms with E-state index in [1.54, 1.807) is 4.52 Å². The van der Waals surface area contributed by atoms with Crippen LogP contribution < -0.4 is 0 Å². The second kappa shape index (κ2) is 3.98. The van der Waals surface area contributed by atoms with Crippen molar-refractivity contribution in [2.45, 2.75) is 26.2 Å². The number of rotatable bonds is 3. The van der Waals surface area contributed by atoms with Crippen LogP contribution in [0, 0.1) is 6.92 Å². The van der Waals surface area contributed by atoms with Gasteiger partial charge in [-0.2, -0.15) is 5.10 Å². The van der Waals surface area contributed by atoms with E-state index in [2.05, 4.69) is 10.1 Å². The van der Waals surface area contributed by atoms with E-state index >= 15 is 0 Å². The zero-order valence-electron chi connectivity index (χ0n) is 9.01. The Balaban J connectivity index is 2.46. The van der Waals surface area contributed by atoms with E-state index in [9.17, 15) is 0 Å². The van der Waals surface area contributed by atoms with Crippen molar-refractivity contribution >= 4 is 5.65 Å². The highest BCUT2D eigenvalue weighted by molar-refractivity contribution is 5.38. The van der Waals surface area contributed by atoms with Gasteiger partial charge in [0.1, 0.15) is 0 Å². The number of aliphatic hydroxyl groups excluding tert-OH is 1. The molecule has 1 unspecified atom stereocenters. The van der Waals surface area contributed by atoms with Crippen LogP contribution in [0.5, 0.6) is 0 Å². The molecule has 0 aliphatic carbocycles. The summed E-state index contributed by atoms with van der Waals surface area (Å²) in [4.78, 5) is 4.39. The molecular weight excluding hydrogens is 190 g/mol. The number of aryl methyl sites for hydroxylation is 1. The van der Waals surface area contributed by atoms with Gasteiger partial charge in [0.2, 0.25) is 0 Å². The smallest absolute Gasteiger partial charge is 0.157 e. The molecule has 0 radical (unpaired) electrons. The summed E-state index contributed by atoms with van der Waals surface area (Å²) >= 11 is 0. The molecule has 0 fully saturated rings. The molecule has 80 valence electrons. The molecule has 0 saturated carbocycles. The topological polar surface area (TPSA) is 50.4 Å². The van der Waals surface area contributed by atoms with E-state index in [-0.39, 0.29) is 12.5 Å². The molecule has 0 amide bonds. The summed E-state index contributed by atoms with van der Waals surface area (Å²) in [5, 5.41) is 13.5. The summed E-state index contributed by atoms with van der Waals surface area (Å²) in [6.45, 7) is 4.15. The van der Waals surface area contributed by atoms with E-state index in [0.717, 1.165) is 23.5 Å². The predicted octanol–water partition coefficient (Wildman–Crippen LogP) is 1.52. The highest BCUT2D eigenvalue weighted by Gasteiger charge is 2.13. The lowest BCUT2D eigenvalue weighted by Gasteiger charge is -2.04. The SMILES string of the molecule is CCC(CO)c1nc2ccc(C)cn2n1. The Bertz CT molecular complexity index is 460. The first-order valence-corrected chi connectivity index (χ1v) is 5.18. The van der Waals surface area contributed by atoms with Crippen LogP contribution in [0.15, 0.2) is 18.3 Å². The van der Waals surface area contributed by atoms with Gasteiger partial charge in [-0.3, -0.25) is 0 Å². The van der Waals surface area contributed by atoms with Gasteiger partial charge in [0.05, 0.1) is 6.61 Å². The fourth-order valence-electron chi connectivity index (χ4n) is 1.57. The molecule has 2 aromatic heterocycles. The number of fused-ring (bicyclic) bond motifs is 1. The summed E-state index contributed by atoms with van der Waals surface area (Å²) in [7, 11) is 0. The molecular formula is C11H15N3O. The fourth-order valence-corrected chi connectivity index (χ4v) is 1.57. The maximum absolute atomic E-state index is 9.17. The van der Waals surface area contributed by atoms with Crippen LogP contribution in [-0.4, -0.2) is 26.3 Å². The standard InChI is InChI=1S/C11H15N3O/c1-3-9(7-15)11-12-10-5-4-8(2)6-14(10)13-11/h4-6,9,15H,3,7H2,1-2H3. The van der Waals surface area contributed by atoms with Gasteiger partial charge in [-0.1, -0.05) is 13.0 Å². The van der Waals surface area contributed by atoms with Gasteiger partial charge in [-0.15, -0.1) is 0 Å². The highest BCUT2D eigenvalue weighted by Crippen LogP contribution is 2.15. The van der Waals surface area contributed by atoms with Crippen LogP contribution >= 0.6 is 0 Å². The molecule has 0 aliphatic heterocycles. The van der Waals surface area contributed by atoms with Crippen molar-refractivity contribution in [3.63, 3.8) is 0 Å². The molecule has 1 atom stereocenters. The average Bonchev–Trinajstić information content (AvgIpc) is 2.62. The van der Waals surface area contributed by atoms with Crippen LogP contribution in [0.2, 0.25) is 0 Å². The first-order valence-electron chi connectivity index (χ1n) is 5.18. The minimum atomic E-state index is 0.0465. The summed E-state index contributed by atoms with van der Waals surface area (Å²) in [5.74, 6) is 0.774. The number of hydrogen-bond donors (Lipinski definition) is 1. The molecule has 0 spiro atoms. The van der Waals surface area contributed by atoms with Crippen molar-refractivity contribution in [3.8, 4) is 0 Å². The molecule has 0 aliphatic rings. The van der Waals surface area contributed by atoms with Gasteiger partial charge in [-0.05, 0) is 25.0 Å². The van der Waals surface area contributed by atoms with Crippen molar-refractivity contribution in [3.05, 3.63) is 29.7 Å². The molecule has 2 rings (SSSR count). The summed E-state index contributed by atoms with van der Waals surface area (Å²) < 4.78 is 1.77. The van der Waals surface area contributed by atoms with Gasteiger partial charge >= 0.3 is 0 Å². The third-order valence-electron chi connectivity index (χ3n) is 2.57. The average molecular weight is 205 g/mol. The molecule has 0 saturated heterocycles. The first kappa shape index (κ1) is 10.1. The van der Waals surface area contributed by atoms with Crippen molar-refractivity contribution < 1.29 is 5.11 Å². The molecule has 4 nitrogen and oxygen atoms in total. The molecule has 2 aromatic rings. The molecule has 0 bridgehead atoms. The summed E-state index contributed by atoms with van der Waals surface area (Å²) in [5.41, 5.74) is 1.98. The normalized spacial score (nSPS) is 13.3. The molecule has 0 aromatic carbocycles. The highest BCUT2D eigenvalue weighted by atomic mass is 16.3. The molecule has 15 heavy (non-hydrogen) atoms. The maximum Gasteiger partial charge on any atom is 0.157 e. The molecule has 4 heteroatoms. The minimum absolute atomic E-state index is 0.0465. The zero-order valence-corrected chi connectivity index (χ0v) is 9.01. The van der Waals surface area contributed by atoms with Crippen LogP contribution in [0.1, 0.15) is 30.7 Å². The molecule has 2 heterocycles.